The van der Waals surface area contributed by atoms with Crippen molar-refractivity contribution in [2.45, 2.75) is 17.6 Å². The number of nitrogens with zero attached hydrogens (tertiary/aromatic N) is 3. The fourth-order valence-electron chi connectivity index (χ4n) is 1.91. The van der Waals surface area contributed by atoms with Gasteiger partial charge in [-0.25, -0.2) is 13.9 Å². The monoisotopic (exact) mass is 378 g/mol. The number of hydrogen-bond donors (Lipinski definition) is 1. The molecule has 0 saturated heterocycles. The van der Waals surface area contributed by atoms with Crippen LogP contribution in [-0.4, -0.2) is 32.6 Å². The second-order valence-electron chi connectivity index (χ2n) is 4.98. The highest BCUT2D eigenvalue weighted by Crippen LogP contribution is 2.25. The summed E-state index contributed by atoms with van der Waals surface area (Å²) in [6.07, 6.45) is -4.73. The number of hydrogen-bond acceptors (Lipinski definition) is 4. The Kier molecular flexibility index (Phi) is 5.88. The lowest BCUT2D eigenvalue weighted by molar-refractivity contribution is -0.147. The average molecular weight is 378 g/mol. The van der Waals surface area contributed by atoms with E-state index in [1.165, 1.54) is 36.0 Å². The van der Waals surface area contributed by atoms with E-state index in [-0.39, 0.29) is 30.6 Å². The van der Waals surface area contributed by atoms with Crippen LogP contribution in [0.3, 0.4) is 0 Å². The van der Waals surface area contributed by atoms with Gasteiger partial charge in [0, 0.05) is 18.5 Å². The van der Waals surface area contributed by atoms with Gasteiger partial charge in [0.1, 0.15) is 5.82 Å². The van der Waals surface area contributed by atoms with Gasteiger partial charge in [-0.2, -0.15) is 13.2 Å². The minimum absolute atomic E-state index is 0.0446. The van der Waals surface area contributed by atoms with Gasteiger partial charge in [0.05, 0.1) is 12.3 Å². The van der Waals surface area contributed by atoms with Crippen LogP contribution in [0.15, 0.2) is 34.0 Å². The molecule has 0 aliphatic heterocycles. The van der Waals surface area contributed by atoms with E-state index in [1.807, 2.05) is 0 Å². The zero-order valence-electron chi connectivity index (χ0n) is 13.0. The van der Waals surface area contributed by atoms with Crippen molar-refractivity contribution in [3.8, 4) is 0 Å². The predicted molar refractivity (Wildman–Crippen MR) is 82.6 cm³/mol. The molecule has 1 aromatic heterocycles. The summed E-state index contributed by atoms with van der Waals surface area (Å²) in [6.45, 7) is -0.229. The van der Waals surface area contributed by atoms with Gasteiger partial charge in [-0.1, -0.05) is 0 Å². The Bertz CT molecular complexity index is 799. The highest BCUT2D eigenvalue weighted by atomic mass is 32.2. The summed E-state index contributed by atoms with van der Waals surface area (Å²) < 4.78 is 51.8. The SMILES string of the molecule is Cn1c(C(F)(F)F)nn(CCNC(=O)CSc2ccc(F)cc2)c1=O. The Labute approximate surface area is 143 Å². The zero-order valence-corrected chi connectivity index (χ0v) is 13.8. The highest BCUT2D eigenvalue weighted by molar-refractivity contribution is 8.00. The van der Waals surface area contributed by atoms with E-state index in [2.05, 4.69) is 10.4 Å². The first-order chi connectivity index (χ1) is 11.7. The smallest absolute Gasteiger partial charge is 0.354 e. The van der Waals surface area contributed by atoms with Gasteiger partial charge in [0.2, 0.25) is 11.7 Å². The number of carbonyl (C=O) groups excluding carboxylic acids is 1. The Morgan fingerprint density at radius 2 is 1.92 bits per heavy atom. The lowest BCUT2D eigenvalue weighted by Gasteiger charge is -2.05. The van der Waals surface area contributed by atoms with E-state index < -0.39 is 17.7 Å². The molecular weight excluding hydrogens is 364 g/mol. The summed E-state index contributed by atoms with van der Waals surface area (Å²) in [5.74, 6) is -1.99. The van der Waals surface area contributed by atoms with E-state index in [4.69, 9.17) is 0 Å². The van der Waals surface area contributed by atoms with E-state index >= 15 is 0 Å². The molecule has 0 aliphatic rings. The van der Waals surface area contributed by atoms with E-state index in [9.17, 15) is 27.2 Å². The summed E-state index contributed by atoms with van der Waals surface area (Å²) in [5, 5.41) is 5.71. The largest absolute Gasteiger partial charge is 0.451 e. The number of halogens is 4. The van der Waals surface area contributed by atoms with Gasteiger partial charge in [-0.05, 0) is 24.3 Å². The van der Waals surface area contributed by atoms with Crippen LogP contribution in [0.5, 0.6) is 0 Å². The lowest BCUT2D eigenvalue weighted by atomic mass is 10.4. The van der Waals surface area contributed by atoms with Crippen molar-refractivity contribution in [1.82, 2.24) is 19.7 Å². The summed E-state index contributed by atoms with van der Waals surface area (Å²) in [5.41, 5.74) is -0.915. The minimum atomic E-state index is -4.73. The molecule has 0 aliphatic carbocycles. The molecule has 0 unspecified atom stereocenters. The van der Waals surface area contributed by atoms with Crippen LogP contribution >= 0.6 is 11.8 Å². The second-order valence-corrected chi connectivity index (χ2v) is 6.03. The Morgan fingerprint density at radius 1 is 1.28 bits per heavy atom. The van der Waals surface area contributed by atoms with Gasteiger partial charge in [-0.3, -0.25) is 9.36 Å². The van der Waals surface area contributed by atoms with Crippen LogP contribution in [0.25, 0.3) is 0 Å². The second kappa shape index (κ2) is 7.72. The Hall–Kier alpha value is -2.30. The lowest BCUT2D eigenvalue weighted by Crippen LogP contribution is -2.32. The van der Waals surface area contributed by atoms with E-state index in [1.54, 1.807) is 0 Å². The number of benzene rings is 1. The molecule has 1 aromatic carbocycles. The quantitative estimate of drug-likeness (QED) is 0.613. The minimum Gasteiger partial charge on any atom is -0.354 e. The first kappa shape index (κ1) is 19.0. The number of nitrogens with one attached hydrogen (secondary N) is 1. The first-order valence-electron chi connectivity index (χ1n) is 7.04. The van der Waals surface area contributed by atoms with Crippen molar-refractivity contribution in [3.05, 3.63) is 46.4 Å². The van der Waals surface area contributed by atoms with Crippen molar-refractivity contribution in [1.29, 1.82) is 0 Å². The molecule has 0 radical (unpaired) electrons. The van der Waals surface area contributed by atoms with Crippen molar-refractivity contribution in [2.75, 3.05) is 12.3 Å². The number of alkyl halides is 3. The van der Waals surface area contributed by atoms with Crippen LogP contribution in [0.2, 0.25) is 0 Å². The molecule has 0 spiro atoms. The maximum Gasteiger partial charge on any atom is 0.451 e. The molecule has 1 amide bonds. The Morgan fingerprint density at radius 3 is 2.48 bits per heavy atom. The third kappa shape index (κ3) is 5.08. The van der Waals surface area contributed by atoms with Crippen LogP contribution in [-0.2, 0) is 24.6 Å². The molecule has 2 aromatic rings. The summed E-state index contributed by atoms with van der Waals surface area (Å²) in [4.78, 5) is 24.1. The molecule has 136 valence electrons. The fourth-order valence-corrected chi connectivity index (χ4v) is 2.64. The summed E-state index contributed by atoms with van der Waals surface area (Å²) in [7, 11) is 0.979. The molecule has 11 heteroatoms. The van der Waals surface area contributed by atoms with Crippen molar-refractivity contribution in [3.63, 3.8) is 0 Å². The van der Waals surface area contributed by atoms with Crippen LogP contribution in [0, 0.1) is 5.82 Å². The third-order valence-corrected chi connectivity index (χ3v) is 4.14. The molecule has 0 fully saturated rings. The van der Waals surface area contributed by atoms with Crippen molar-refractivity contribution in [2.24, 2.45) is 7.05 Å². The van der Waals surface area contributed by atoms with Crippen LogP contribution < -0.4 is 11.0 Å². The fraction of sp³-hybridized carbons (Fsp3) is 0.357. The summed E-state index contributed by atoms with van der Waals surface area (Å²) in [6, 6.07) is 5.59. The molecule has 0 saturated carbocycles. The predicted octanol–water partition coefficient (Wildman–Crippen LogP) is 1.65. The van der Waals surface area contributed by atoms with Gasteiger partial charge < -0.3 is 5.32 Å². The molecule has 2 rings (SSSR count). The topological polar surface area (TPSA) is 68.9 Å². The number of thioether (sulfide) groups is 1. The van der Waals surface area contributed by atoms with E-state index in [0.29, 0.717) is 14.1 Å². The molecule has 25 heavy (non-hydrogen) atoms. The van der Waals surface area contributed by atoms with Gasteiger partial charge in [0.25, 0.3) is 0 Å². The molecule has 6 nitrogen and oxygen atoms in total. The van der Waals surface area contributed by atoms with Crippen molar-refractivity contribution >= 4 is 17.7 Å². The molecule has 0 atom stereocenters. The highest BCUT2D eigenvalue weighted by Gasteiger charge is 2.37. The van der Waals surface area contributed by atoms with E-state index in [0.717, 1.165) is 7.05 Å². The molecular formula is C14H14F4N4O2S. The first-order valence-corrected chi connectivity index (χ1v) is 8.03. The molecule has 0 bridgehead atoms. The number of rotatable bonds is 6. The standard InChI is InChI=1S/C14H14F4N4O2S/c1-21-12(14(16,17)18)20-22(13(21)24)7-6-19-11(23)8-25-10-4-2-9(15)3-5-10/h2-5H,6-8H2,1H3,(H,19,23). The van der Waals surface area contributed by atoms with Gasteiger partial charge in [0.15, 0.2) is 0 Å². The maximum absolute atomic E-state index is 12.8. The number of carbonyl (C=O) groups is 1. The molecule has 1 heterocycles. The normalized spacial score (nSPS) is 11.6. The zero-order chi connectivity index (χ0) is 18.6. The van der Waals surface area contributed by atoms with Crippen molar-refractivity contribution < 1.29 is 22.4 Å². The number of aromatic nitrogens is 3. The van der Waals surface area contributed by atoms with Crippen LogP contribution in [0.1, 0.15) is 5.82 Å². The van der Waals surface area contributed by atoms with Crippen LogP contribution in [0.4, 0.5) is 17.6 Å². The number of amides is 1. The Balaban J connectivity index is 1.83. The van der Waals surface area contributed by atoms with Gasteiger partial charge in [-0.15, -0.1) is 16.9 Å². The summed E-state index contributed by atoms with van der Waals surface area (Å²) >= 11 is 1.18. The average Bonchev–Trinajstić information content (AvgIpc) is 2.83. The third-order valence-electron chi connectivity index (χ3n) is 3.12. The maximum atomic E-state index is 12.8. The van der Waals surface area contributed by atoms with Gasteiger partial charge >= 0.3 is 11.9 Å². The molecule has 1 N–H and O–H groups in total.